The van der Waals surface area contributed by atoms with Gasteiger partial charge in [-0.15, -0.1) is 5.10 Å². The normalized spacial score (nSPS) is 20.7. The average Bonchev–Trinajstić information content (AvgIpc) is 3.08. The Morgan fingerprint density at radius 2 is 2.07 bits per heavy atom. The van der Waals surface area contributed by atoms with Crippen LogP contribution in [-0.2, 0) is 4.74 Å². The summed E-state index contributed by atoms with van der Waals surface area (Å²) in [6.07, 6.45) is 6.34. The first-order valence-electron chi connectivity index (χ1n) is 9.99. The smallest absolute Gasteiger partial charge is 0.241 e. The first kappa shape index (κ1) is 19.7. The number of nitrogens with one attached hydrogen (secondary N) is 1. The first-order chi connectivity index (χ1) is 14.0. The molecular formula is C21H26FN5O2. The lowest BCUT2D eigenvalue weighted by Gasteiger charge is -2.25. The molecular weight excluding hydrogens is 373 g/mol. The van der Waals surface area contributed by atoms with Crippen LogP contribution < -0.4 is 5.32 Å². The van der Waals surface area contributed by atoms with E-state index in [2.05, 4.69) is 21.4 Å². The van der Waals surface area contributed by atoms with Crippen molar-refractivity contribution in [2.45, 2.75) is 50.7 Å². The number of ether oxygens (including phenoxy) is 1. The van der Waals surface area contributed by atoms with Crippen molar-refractivity contribution in [2.75, 3.05) is 19.0 Å². The molecule has 3 heterocycles. The lowest BCUT2D eigenvalue weighted by Crippen LogP contribution is -2.23. The number of aliphatic hydroxyl groups is 1. The van der Waals surface area contributed by atoms with Gasteiger partial charge in [0, 0.05) is 42.6 Å². The number of aromatic nitrogens is 4. The van der Waals surface area contributed by atoms with Crippen molar-refractivity contribution in [3.63, 3.8) is 0 Å². The topological polar surface area (TPSA) is 84.6 Å². The highest BCUT2D eigenvalue weighted by molar-refractivity contribution is 5.81. The molecule has 0 saturated heterocycles. The Bertz CT molecular complexity index is 984. The molecule has 7 nitrogen and oxygen atoms in total. The van der Waals surface area contributed by atoms with E-state index in [1.165, 1.54) is 12.3 Å². The largest absolute Gasteiger partial charge is 0.393 e. The Hall–Kier alpha value is -2.58. The predicted octanol–water partition coefficient (Wildman–Crippen LogP) is 3.40. The van der Waals surface area contributed by atoms with E-state index in [1.807, 2.05) is 11.4 Å². The SMILES string of the molecule is COCC(C)Nc1ncc2c(-c3ccnc(F)c3)cc([C@H]3CC[C@H](O)CC3)n2n1. The molecule has 0 aliphatic heterocycles. The highest BCUT2D eigenvalue weighted by Gasteiger charge is 2.25. The summed E-state index contributed by atoms with van der Waals surface area (Å²) < 4.78 is 20.8. The van der Waals surface area contributed by atoms with Crippen LogP contribution in [0.4, 0.5) is 10.3 Å². The minimum atomic E-state index is -0.517. The van der Waals surface area contributed by atoms with Crippen molar-refractivity contribution in [3.05, 3.63) is 42.2 Å². The van der Waals surface area contributed by atoms with Gasteiger partial charge in [-0.05, 0) is 50.3 Å². The molecule has 0 bridgehead atoms. The fourth-order valence-corrected chi connectivity index (χ4v) is 4.06. The number of nitrogens with zero attached hydrogens (tertiary/aromatic N) is 4. The van der Waals surface area contributed by atoms with Crippen molar-refractivity contribution >= 4 is 11.5 Å². The van der Waals surface area contributed by atoms with E-state index in [-0.39, 0.29) is 18.1 Å². The van der Waals surface area contributed by atoms with Crippen LogP contribution >= 0.6 is 0 Å². The monoisotopic (exact) mass is 399 g/mol. The maximum atomic E-state index is 13.7. The third-order valence-electron chi connectivity index (χ3n) is 5.49. The Morgan fingerprint density at radius 1 is 1.28 bits per heavy atom. The van der Waals surface area contributed by atoms with Gasteiger partial charge in [0.1, 0.15) is 0 Å². The lowest BCUT2D eigenvalue weighted by atomic mass is 9.85. The molecule has 1 atom stereocenters. The molecule has 0 radical (unpaired) electrons. The van der Waals surface area contributed by atoms with Crippen molar-refractivity contribution in [3.8, 4) is 11.1 Å². The van der Waals surface area contributed by atoms with E-state index in [0.29, 0.717) is 12.6 Å². The van der Waals surface area contributed by atoms with Crippen LogP contribution in [0.15, 0.2) is 30.6 Å². The summed E-state index contributed by atoms with van der Waals surface area (Å²) >= 11 is 0. The quantitative estimate of drug-likeness (QED) is 0.618. The van der Waals surface area contributed by atoms with Gasteiger partial charge in [0.2, 0.25) is 11.9 Å². The van der Waals surface area contributed by atoms with Crippen LogP contribution in [0.2, 0.25) is 0 Å². The Balaban J connectivity index is 1.78. The van der Waals surface area contributed by atoms with E-state index in [0.717, 1.165) is 48.0 Å². The van der Waals surface area contributed by atoms with E-state index >= 15 is 0 Å². The summed E-state index contributed by atoms with van der Waals surface area (Å²) in [6.45, 7) is 2.54. The highest BCUT2D eigenvalue weighted by Crippen LogP contribution is 2.37. The van der Waals surface area contributed by atoms with Gasteiger partial charge >= 0.3 is 0 Å². The lowest BCUT2D eigenvalue weighted by molar-refractivity contribution is 0.121. The predicted molar refractivity (Wildman–Crippen MR) is 108 cm³/mol. The van der Waals surface area contributed by atoms with E-state index in [4.69, 9.17) is 9.84 Å². The number of rotatable bonds is 6. The van der Waals surface area contributed by atoms with Crippen LogP contribution in [0.1, 0.15) is 44.2 Å². The molecule has 154 valence electrons. The summed E-state index contributed by atoms with van der Waals surface area (Å²) in [5, 5.41) is 17.9. The van der Waals surface area contributed by atoms with Gasteiger partial charge in [-0.2, -0.15) is 4.39 Å². The van der Waals surface area contributed by atoms with Gasteiger partial charge in [-0.1, -0.05) is 0 Å². The zero-order chi connectivity index (χ0) is 20.4. The van der Waals surface area contributed by atoms with Crippen molar-refractivity contribution in [1.82, 2.24) is 19.6 Å². The molecule has 1 unspecified atom stereocenters. The van der Waals surface area contributed by atoms with E-state index in [9.17, 15) is 9.50 Å². The van der Waals surface area contributed by atoms with Gasteiger partial charge in [-0.25, -0.2) is 14.5 Å². The molecule has 0 aromatic carbocycles. The molecule has 8 heteroatoms. The summed E-state index contributed by atoms with van der Waals surface area (Å²) in [7, 11) is 1.66. The molecule has 3 aromatic rings. The fraction of sp³-hybridized carbons (Fsp3) is 0.476. The minimum Gasteiger partial charge on any atom is -0.393 e. The number of anilines is 1. The first-order valence-corrected chi connectivity index (χ1v) is 9.99. The second-order valence-corrected chi connectivity index (χ2v) is 7.74. The molecule has 1 aliphatic rings. The van der Waals surface area contributed by atoms with Crippen LogP contribution in [0, 0.1) is 5.95 Å². The zero-order valence-corrected chi connectivity index (χ0v) is 16.7. The van der Waals surface area contributed by atoms with Gasteiger partial charge in [0.15, 0.2) is 0 Å². The molecule has 1 fully saturated rings. The average molecular weight is 399 g/mol. The van der Waals surface area contributed by atoms with E-state index < -0.39 is 5.95 Å². The third kappa shape index (κ3) is 4.23. The van der Waals surface area contributed by atoms with Crippen molar-refractivity contribution in [1.29, 1.82) is 0 Å². The highest BCUT2D eigenvalue weighted by atomic mass is 19.1. The summed E-state index contributed by atoms with van der Waals surface area (Å²) in [5.74, 6) is 0.282. The summed E-state index contributed by atoms with van der Waals surface area (Å²) in [5.41, 5.74) is 3.50. The van der Waals surface area contributed by atoms with E-state index in [1.54, 1.807) is 19.4 Å². The van der Waals surface area contributed by atoms with Crippen LogP contribution in [0.5, 0.6) is 0 Å². The van der Waals surface area contributed by atoms with Gasteiger partial charge in [0.05, 0.1) is 24.4 Å². The number of hydrogen-bond donors (Lipinski definition) is 2. The summed E-state index contributed by atoms with van der Waals surface area (Å²) in [4.78, 5) is 8.12. The molecule has 29 heavy (non-hydrogen) atoms. The molecule has 0 amide bonds. The van der Waals surface area contributed by atoms with Crippen molar-refractivity contribution in [2.24, 2.45) is 0 Å². The number of halogens is 1. The Labute approximate surface area is 169 Å². The molecule has 1 aliphatic carbocycles. The number of fused-ring (bicyclic) bond motifs is 1. The number of aliphatic hydroxyl groups excluding tert-OH is 1. The second kappa shape index (κ2) is 8.42. The van der Waals surface area contributed by atoms with Gasteiger partial charge in [-0.3, -0.25) is 0 Å². The fourth-order valence-electron chi connectivity index (χ4n) is 4.06. The standard InChI is InChI=1S/C21H26FN5O2/c1-13(12-29-2)25-21-24-11-19-17(15-7-8-23-20(22)9-15)10-18(27(19)26-21)14-3-5-16(28)6-4-14/h7-11,13-14,16,28H,3-6,12H2,1-2H3,(H,25,26)/t13?,14-,16-. The summed E-state index contributed by atoms with van der Waals surface area (Å²) in [6, 6.07) is 5.36. The zero-order valence-electron chi connectivity index (χ0n) is 16.7. The second-order valence-electron chi connectivity index (χ2n) is 7.74. The molecule has 4 rings (SSSR count). The molecule has 2 N–H and O–H groups in total. The Morgan fingerprint density at radius 3 is 2.79 bits per heavy atom. The maximum absolute atomic E-state index is 13.7. The Kier molecular flexibility index (Phi) is 5.73. The molecule has 0 spiro atoms. The van der Waals surface area contributed by atoms with Crippen LogP contribution in [0.25, 0.3) is 16.6 Å². The van der Waals surface area contributed by atoms with Crippen LogP contribution in [-0.4, -0.2) is 50.6 Å². The van der Waals surface area contributed by atoms with Gasteiger partial charge in [0.25, 0.3) is 0 Å². The third-order valence-corrected chi connectivity index (χ3v) is 5.49. The molecule has 3 aromatic heterocycles. The van der Waals surface area contributed by atoms with Crippen molar-refractivity contribution < 1.29 is 14.2 Å². The number of pyridine rings is 1. The number of hydrogen-bond acceptors (Lipinski definition) is 6. The number of methoxy groups -OCH3 is 1. The maximum Gasteiger partial charge on any atom is 0.241 e. The van der Waals surface area contributed by atoms with Crippen LogP contribution in [0.3, 0.4) is 0 Å². The molecule has 1 saturated carbocycles. The minimum absolute atomic E-state index is 0.0649. The van der Waals surface area contributed by atoms with Gasteiger partial charge < -0.3 is 15.2 Å².